The molecule has 84 valence electrons. The normalized spacial score (nSPS) is 10.3. The highest BCUT2D eigenvalue weighted by Gasteiger charge is 2.03. The number of hydrogen-bond acceptors (Lipinski definition) is 3. The predicted octanol–water partition coefficient (Wildman–Crippen LogP) is 2.45. The molecule has 0 aromatic heterocycles. The molecular weight excluding hydrogens is 215 g/mol. The number of rotatable bonds is 6. The molecule has 0 saturated heterocycles. The lowest BCUT2D eigenvalue weighted by Crippen LogP contribution is -2.03. The lowest BCUT2D eigenvalue weighted by molar-refractivity contribution is 0.266. The van der Waals surface area contributed by atoms with Gasteiger partial charge in [0.1, 0.15) is 11.6 Å². The predicted molar refractivity (Wildman–Crippen MR) is 60.8 cm³/mol. The number of aliphatic hydroxyl groups is 1. The van der Waals surface area contributed by atoms with Crippen LogP contribution in [0.25, 0.3) is 0 Å². The zero-order valence-electron chi connectivity index (χ0n) is 8.70. The van der Waals surface area contributed by atoms with E-state index in [0.29, 0.717) is 17.9 Å². The van der Waals surface area contributed by atoms with Crippen molar-refractivity contribution in [1.29, 1.82) is 0 Å². The van der Waals surface area contributed by atoms with E-state index in [-0.39, 0.29) is 12.4 Å². The van der Waals surface area contributed by atoms with Gasteiger partial charge < -0.3 is 9.84 Å². The average molecular weight is 230 g/mol. The Morgan fingerprint density at radius 3 is 2.93 bits per heavy atom. The number of thioether (sulfide) groups is 1. The van der Waals surface area contributed by atoms with Crippen molar-refractivity contribution in [1.82, 2.24) is 0 Å². The molecule has 0 aliphatic heterocycles. The van der Waals surface area contributed by atoms with Crippen LogP contribution in [0.2, 0.25) is 0 Å². The summed E-state index contributed by atoms with van der Waals surface area (Å²) in [6.07, 6.45) is 0. The summed E-state index contributed by atoms with van der Waals surface area (Å²) in [6.45, 7) is 2.47. The third-order valence-electron chi connectivity index (χ3n) is 1.88. The first-order valence-corrected chi connectivity index (χ1v) is 6.03. The fourth-order valence-corrected chi connectivity index (χ4v) is 1.66. The van der Waals surface area contributed by atoms with Gasteiger partial charge in [-0.15, -0.1) is 0 Å². The Hall–Kier alpha value is -0.740. The van der Waals surface area contributed by atoms with Gasteiger partial charge in [-0.25, -0.2) is 4.39 Å². The molecule has 1 rings (SSSR count). The smallest absolute Gasteiger partial charge is 0.125 e. The van der Waals surface area contributed by atoms with Crippen LogP contribution in [0.4, 0.5) is 4.39 Å². The molecule has 1 aromatic carbocycles. The highest BCUT2D eigenvalue weighted by molar-refractivity contribution is 7.99. The molecule has 2 nitrogen and oxygen atoms in total. The summed E-state index contributed by atoms with van der Waals surface area (Å²) in [7, 11) is 0. The van der Waals surface area contributed by atoms with Crippen LogP contribution in [0.15, 0.2) is 18.2 Å². The minimum absolute atomic E-state index is 0.200. The van der Waals surface area contributed by atoms with Crippen molar-refractivity contribution in [2.75, 3.05) is 18.1 Å². The number of aliphatic hydroxyl groups excluding tert-OH is 1. The van der Waals surface area contributed by atoms with Gasteiger partial charge >= 0.3 is 0 Å². The topological polar surface area (TPSA) is 29.5 Å². The van der Waals surface area contributed by atoms with Crippen molar-refractivity contribution in [3.05, 3.63) is 29.6 Å². The standard InChI is InChI=1S/C11H15FO2S/c1-2-15-6-5-14-11-4-3-10(12)7-9(11)8-13/h3-4,7,13H,2,5-6,8H2,1H3. The molecule has 1 aromatic rings. The Balaban J connectivity index is 2.52. The average Bonchev–Trinajstić information content (AvgIpc) is 2.26. The zero-order chi connectivity index (χ0) is 11.1. The fourth-order valence-electron chi connectivity index (χ4n) is 1.17. The maximum Gasteiger partial charge on any atom is 0.125 e. The number of hydrogen-bond donors (Lipinski definition) is 1. The SMILES string of the molecule is CCSCCOc1ccc(F)cc1CO. The second-order valence-electron chi connectivity index (χ2n) is 2.96. The summed E-state index contributed by atoms with van der Waals surface area (Å²) < 4.78 is 18.2. The molecule has 1 N–H and O–H groups in total. The Bertz CT molecular complexity index is 305. The molecule has 0 atom stereocenters. The van der Waals surface area contributed by atoms with E-state index in [1.165, 1.54) is 12.1 Å². The number of ether oxygens (including phenoxy) is 1. The first-order valence-electron chi connectivity index (χ1n) is 4.87. The summed E-state index contributed by atoms with van der Waals surface area (Å²) in [4.78, 5) is 0. The van der Waals surface area contributed by atoms with E-state index in [0.717, 1.165) is 11.5 Å². The molecule has 0 heterocycles. The molecule has 0 saturated carbocycles. The van der Waals surface area contributed by atoms with Crippen molar-refractivity contribution in [3.63, 3.8) is 0 Å². The van der Waals surface area contributed by atoms with Gasteiger partial charge in [0.25, 0.3) is 0 Å². The maximum absolute atomic E-state index is 12.8. The van der Waals surface area contributed by atoms with E-state index in [9.17, 15) is 4.39 Å². The van der Waals surface area contributed by atoms with Crippen LogP contribution in [-0.4, -0.2) is 23.2 Å². The number of halogens is 1. The molecule has 0 bridgehead atoms. The van der Waals surface area contributed by atoms with Crippen molar-refractivity contribution < 1.29 is 14.2 Å². The minimum Gasteiger partial charge on any atom is -0.492 e. The van der Waals surface area contributed by atoms with Gasteiger partial charge in [0.05, 0.1) is 13.2 Å². The maximum atomic E-state index is 12.8. The van der Waals surface area contributed by atoms with E-state index >= 15 is 0 Å². The zero-order valence-corrected chi connectivity index (χ0v) is 9.52. The Morgan fingerprint density at radius 2 is 2.27 bits per heavy atom. The van der Waals surface area contributed by atoms with Crippen LogP contribution in [0.5, 0.6) is 5.75 Å². The van der Waals surface area contributed by atoms with Gasteiger partial charge in [0.2, 0.25) is 0 Å². The lowest BCUT2D eigenvalue weighted by atomic mass is 10.2. The summed E-state index contributed by atoms with van der Waals surface area (Å²) in [5, 5.41) is 8.99. The van der Waals surface area contributed by atoms with E-state index in [1.807, 2.05) is 0 Å². The van der Waals surface area contributed by atoms with Crippen molar-refractivity contribution in [2.45, 2.75) is 13.5 Å². The first kappa shape index (κ1) is 12.3. The largest absolute Gasteiger partial charge is 0.492 e. The van der Waals surface area contributed by atoms with Crippen LogP contribution >= 0.6 is 11.8 Å². The van der Waals surface area contributed by atoms with E-state index in [4.69, 9.17) is 9.84 Å². The Morgan fingerprint density at radius 1 is 1.47 bits per heavy atom. The molecule has 4 heteroatoms. The third kappa shape index (κ3) is 4.10. The summed E-state index contributed by atoms with van der Waals surface area (Å²) >= 11 is 1.78. The molecule has 0 radical (unpaired) electrons. The Labute approximate surface area is 93.5 Å². The van der Waals surface area contributed by atoms with Gasteiger partial charge in [0.15, 0.2) is 0 Å². The van der Waals surface area contributed by atoms with E-state index < -0.39 is 0 Å². The van der Waals surface area contributed by atoms with Crippen LogP contribution in [-0.2, 0) is 6.61 Å². The molecule has 0 amide bonds. The van der Waals surface area contributed by atoms with Gasteiger partial charge in [-0.05, 0) is 24.0 Å². The highest BCUT2D eigenvalue weighted by Crippen LogP contribution is 2.19. The van der Waals surface area contributed by atoms with Crippen LogP contribution in [0.1, 0.15) is 12.5 Å². The van der Waals surface area contributed by atoms with E-state index in [1.54, 1.807) is 17.8 Å². The minimum atomic E-state index is -0.352. The second-order valence-corrected chi connectivity index (χ2v) is 4.35. The summed E-state index contributed by atoms with van der Waals surface area (Å²) in [6, 6.07) is 4.18. The van der Waals surface area contributed by atoms with Crippen LogP contribution in [0, 0.1) is 5.82 Å². The van der Waals surface area contributed by atoms with Gasteiger partial charge in [0, 0.05) is 11.3 Å². The van der Waals surface area contributed by atoms with Gasteiger partial charge in [-0.3, -0.25) is 0 Å². The summed E-state index contributed by atoms with van der Waals surface area (Å²) in [5.74, 6) is 2.17. The molecule has 0 unspecified atom stereocenters. The molecule has 0 spiro atoms. The molecule has 0 aliphatic carbocycles. The van der Waals surface area contributed by atoms with Crippen molar-refractivity contribution in [2.24, 2.45) is 0 Å². The molecule has 0 aliphatic rings. The third-order valence-corrected chi connectivity index (χ3v) is 2.75. The quantitative estimate of drug-likeness (QED) is 0.761. The monoisotopic (exact) mass is 230 g/mol. The molecular formula is C11H15FO2S. The highest BCUT2D eigenvalue weighted by atomic mass is 32.2. The summed E-state index contributed by atoms with van der Waals surface area (Å²) in [5.41, 5.74) is 0.497. The van der Waals surface area contributed by atoms with E-state index in [2.05, 4.69) is 6.92 Å². The second kappa shape index (κ2) is 6.69. The fraction of sp³-hybridized carbons (Fsp3) is 0.455. The number of benzene rings is 1. The van der Waals surface area contributed by atoms with Gasteiger partial charge in [-0.1, -0.05) is 6.92 Å². The Kier molecular flexibility index (Phi) is 5.50. The van der Waals surface area contributed by atoms with Crippen LogP contribution < -0.4 is 4.74 Å². The van der Waals surface area contributed by atoms with Crippen molar-refractivity contribution >= 4 is 11.8 Å². The molecule has 0 fully saturated rings. The van der Waals surface area contributed by atoms with Crippen LogP contribution in [0.3, 0.4) is 0 Å². The van der Waals surface area contributed by atoms with Gasteiger partial charge in [-0.2, -0.15) is 11.8 Å². The lowest BCUT2D eigenvalue weighted by Gasteiger charge is -2.09. The first-order chi connectivity index (χ1) is 7.27. The van der Waals surface area contributed by atoms with Crippen molar-refractivity contribution in [3.8, 4) is 5.75 Å². The molecule has 15 heavy (non-hydrogen) atoms.